The van der Waals surface area contributed by atoms with E-state index in [0.717, 1.165) is 5.69 Å². The summed E-state index contributed by atoms with van der Waals surface area (Å²) in [5.74, 6) is 0.466. The van der Waals surface area contributed by atoms with E-state index < -0.39 is 0 Å². The molecule has 0 aliphatic rings. The van der Waals surface area contributed by atoms with Crippen molar-refractivity contribution in [3.63, 3.8) is 0 Å². The highest BCUT2D eigenvalue weighted by molar-refractivity contribution is 5.31. The van der Waals surface area contributed by atoms with Crippen molar-refractivity contribution in [3.05, 3.63) is 27.9 Å². The second-order valence-corrected chi connectivity index (χ2v) is 3.05. The number of hydrogen-bond acceptors (Lipinski definition) is 4. The summed E-state index contributed by atoms with van der Waals surface area (Å²) < 4.78 is 1.60. The number of aromatic nitrogens is 4. The molecule has 0 saturated carbocycles. The molecule has 0 amide bonds. The van der Waals surface area contributed by atoms with E-state index in [1.54, 1.807) is 4.52 Å². The van der Waals surface area contributed by atoms with Gasteiger partial charge in [-0.3, -0.25) is 9.78 Å². The number of aryl methyl sites for hydroxylation is 1. The molecule has 2 aromatic rings. The summed E-state index contributed by atoms with van der Waals surface area (Å²) in [5.41, 5.74) is 6.76. The molecule has 0 unspecified atom stereocenters. The molecule has 2 aromatic heterocycles. The minimum atomic E-state index is -0.131. The lowest BCUT2D eigenvalue weighted by molar-refractivity contribution is 0.831. The lowest BCUT2D eigenvalue weighted by Gasteiger charge is -2.03. The summed E-state index contributed by atoms with van der Waals surface area (Å²) in [6, 6.07) is 0. The van der Waals surface area contributed by atoms with Gasteiger partial charge >= 0.3 is 0 Å². The van der Waals surface area contributed by atoms with Gasteiger partial charge in [-0.15, -0.1) is 0 Å². The Hall–Kier alpha value is -1.69. The van der Waals surface area contributed by atoms with Crippen molar-refractivity contribution in [2.45, 2.75) is 13.3 Å². The molecule has 0 spiro atoms. The number of nitrogens with two attached hydrogens (primary N) is 1. The van der Waals surface area contributed by atoms with Crippen molar-refractivity contribution in [3.8, 4) is 0 Å². The quantitative estimate of drug-likeness (QED) is 0.655. The van der Waals surface area contributed by atoms with Crippen LogP contribution in [0, 0.1) is 6.92 Å². The third kappa shape index (κ3) is 1.20. The second kappa shape index (κ2) is 3.22. The third-order valence-electron chi connectivity index (χ3n) is 2.20. The highest BCUT2D eigenvalue weighted by atomic mass is 16.1. The van der Waals surface area contributed by atoms with Crippen molar-refractivity contribution in [1.29, 1.82) is 0 Å². The Kier molecular flexibility index (Phi) is 2.05. The Balaban J connectivity index is 2.75. The molecule has 2 rings (SSSR count). The second-order valence-electron chi connectivity index (χ2n) is 3.05. The maximum atomic E-state index is 11.5. The van der Waals surface area contributed by atoms with Crippen LogP contribution in [0.4, 0.5) is 0 Å². The lowest BCUT2D eigenvalue weighted by atomic mass is 10.2. The molecule has 0 radical (unpaired) electrons. The largest absolute Gasteiger partial charge is 0.330 e. The van der Waals surface area contributed by atoms with Gasteiger partial charge in [0.25, 0.3) is 5.56 Å². The minimum absolute atomic E-state index is 0.131. The molecule has 6 heteroatoms. The van der Waals surface area contributed by atoms with E-state index in [4.69, 9.17) is 5.73 Å². The Morgan fingerprint density at radius 2 is 2.43 bits per heavy atom. The van der Waals surface area contributed by atoms with Crippen LogP contribution >= 0.6 is 0 Å². The zero-order chi connectivity index (χ0) is 10.1. The van der Waals surface area contributed by atoms with Crippen LogP contribution in [-0.4, -0.2) is 26.1 Å². The zero-order valence-corrected chi connectivity index (χ0v) is 7.82. The highest BCUT2D eigenvalue weighted by Gasteiger charge is 2.08. The molecule has 0 aliphatic carbocycles. The van der Waals surface area contributed by atoms with Crippen molar-refractivity contribution in [2.75, 3.05) is 6.54 Å². The normalized spacial score (nSPS) is 11.0. The first-order chi connectivity index (χ1) is 6.74. The minimum Gasteiger partial charge on any atom is -0.330 e. The number of nitrogens with zero attached hydrogens (tertiary/aromatic N) is 3. The van der Waals surface area contributed by atoms with Gasteiger partial charge in [0.15, 0.2) is 0 Å². The van der Waals surface area contributed by atoms with Gasteiger partial charge in [0, 0.05) is 5.56 Å². The van der Waals surface area contributed by atoms with Gasteiger partial charge in [-0.25, -0.2) is 4.52 Å². The molecule has 0 fully saturated rings. The van der Waals surface area contributed by atoms with Gasteiger partial charge in [0.2, 0.25) is 5.78 Å². The van der Waals surface area contributed by atoms with E-state index >= 15 is 0 Å². The van der Waals surface area contributed by atoms with Gasteiger partial charge in [-0.2, -0.15) is 10.1 Å². The van der Waals surface area contributed by atoms with Crippen molar-refractivity contribution < 1.29 is 0 Å². The molecule has 0 aromatic carbocycles. The van der Waals surface area contributed by atoms with Gasteiger partial charge in [0.05, 0.1) is 5.69 Å². The fourth-order valence-corrected chi connectivity index (χ4v) is 1.48. The van der Waals surface area contributed by atoms with E-state index in [0.29, 0.717) is 24.3 Å². The molecular weight excluding hydrogens is 182 g/mol. The molecule has 0 atom stereocenters. The Morgan fingerprint density at radius 3 is 3.14 bits per heavy atom. The highest BCUT2D eigenvalue weighted by Crippen LogP contribution is 2.02. The lowest BCUT2D eigenvalue weighted by Crippen LogP contribution is -2.21. The van der Waals surface area contributed by atoms with Crippen LogP contribution in [0.2, 0.25) is 0 Å². The molecule has 0 bridgehead atoms. The molecule has 0 saturated heterocycles. The van der Waals surface area contributed by atoms with Crippen LogP contribution in [-0.2, 0) is 6.42 Å². The molecule has 6 nitrogen and oxygen atoms in total. The average Bonchev–Trinajstić information content (AvgIpc) is 2.60. The number of nitrogens with one attached hydrogen (secondary N) is 1. The fraction of sp³-hybridized carbons (Fsp3) is 0.375. The monoisotopic (exact) mass is 193 g/mol. The van der Waals surface area contributed by atoms with Crippen molar-refractivity contribution in [1.82, 2.24) is 19.6 Å². The number of fused-ring (bicyclic) bond motifs is 1. The SMILES string of the molecule is Cc1c(CCN)c(=O)[nH]c2ncnn12. The van der Waals surface area contributed by atoms with Gasteiger partial charge in [-0.05, 0) is 19.9 Å². The fourth-order valence-electron chi connectivity index (χ4n) is 1.48. The van der Waals surface area contributed by atoms with Crippen molar-refractivity contribution >= 4 is 5.78 Å². The van der Waals surface area contributed by atoms with Crippen LogP contribution in [0.5, 0.6) is 0 Å². The molecule has 0 aliphatic heterocycles. The van der Waals surface area contributed by atoms with Crippen molar-refractivity contribution in [2.24, 2.45) is 5.73 Å². The average molecular weight is 193 g/mol. The number of rotatable bonds is 2. The Labute approximate surface area is 79.8 Å². The van der Waals surface area contributed by atoms with Crippen LogP contribution in [0.1, 0.15) is 11.3 Å². The van der Waals surface area contributed by atoms with Gasteiger partial charge in [0.1, 0.15) is 6.33 Å². The maximum absolute atomic E-state index is 11.5. The van der Waals surface area contributed by atoms with E-state index in [2.05, 4.69) is 15.1 Å². The van der Waals surface area contributed by atoms with E-state index in [-0.39, 0.29) is 5.56 Å². The molecule has 14 heavy (non-hydrogen) atoms. The van der Waals surface area contributed by atoms with E-state index in [1.165, 1.54) is 6.33 Å². The predicted octanol–water partition coefficient (Wildman–Crippen LogP) is -0.773. The van der Waals surface area contributed by atoms with E-state index in [1.807, 2.05) is 6.92 Å². The first-order valence-corrected chi connectivity index (χ1v) is 4.35. The van der Waals surface area contributed by atoms with Crippen LogP contribution < -0.4 is 11.3 Å². The number of aromatic amines is 1. The number of H-pyrrole nitrogens is 1. The first kappa shape index (κ1) is 8.89. The molecular formula is C8H11N5O. The molecule has 74 valence electrons. The summed E-state index contributed by atoms with van der Waals surface area (Å²) in [6.45, 7) is 2.28. The zero-order valence-electron chi connectivity index (χ0n) is 7.82. The van der Waals surface area contributed by atoms with Crippen LogP contribution in [0.15, 0.2) is 11.1 Å². The van der Waals surface area contributed by atoms with Crippen LogP contribution in [0.25, 0.3) is 5.78 Å². The van der Waals surface area contributed by atoms with Gasteiger partial charge < -0.3 is 5.73 Å². The molecule has 2 heterocycles. The summed E-state index contributed by atoms with van der Waals surface area (Å²) in [5, 5.41) is 4.00. The molecule has 3 N–H and O–H groups in total. The summed E-state index contributed by atoms with van der Waals surface area (Å²) >= 11 is 0. The number of hydrogen-bond donors (Lipinski definition) is 2. The summed E-state index contributed by atoms with van der Waals surface area (Å²) in [4.78, 5) is 18.1. The summed E-state index contributed by atoms with van der Waals surface area (Å²) in [6.07, 6.45) is 1.96. The van der Waals surface area contributed by atoms with Gasteiger partial charge in [-0.1, -0.05) is 0 Å². The van der Waals surface area contributed by atoms with Crippen LogP contribution in [0.3, 0.4) is 0 Å². The summed E-state index contributed by atoms with van der Waals surface area (Å²) in [7, 11) is 0. The smallest absolute Gasteiger partial charge is 0.255 e. The third-order valence-corrected chi connectivity index (χ3v) is 2.20. The standard InChI is InChI=1S/C8H11N5O/c1-5-6(2-3-9)7(14)12-8-10-4-11-13(5)8/h4H,2-3,9H2,1H3,(H,10,11,12,14). The Morgan fingerprint density at radius 1 is 1.64 bits per heavy atom. The maximum Gasteiger partial charge on any atom is 0.255 e. The predicted molar refractivity (Wildman–Crippen MR) is 51.1 cm³/mol. The first-order valence-electron chi connectivity index (χ1n) is 4.35. The topological polar surface area (TPSA) is 89.1 Å². The Bertz CT molecular complexity index is 512. The van der Waals surface area contributed by atoms with E-state index in [9.17, 15) is 4.79 Å².